The molecular weight excluding hydrogens is 296 g/mol. The van der Waals surface area contributed by atoms with Gasteiger partial charge < -0.3 is 9.88 Å². The molecule has 0 saturated heterocycles. The van der Waals surface area contributed by atoms with Gasteiger partial charge in [-0.15, -0.1) is 0 Å². The molecule has 0 aliphatic carbocycles. The van der Waals surface area contributed by atoms with E-state index in [4.69, 9.17) is 0 Å². The largest absolute Gasteiger partial charge is 0.347 e. The first-order valence-corrected chi connectivity index (χ1v) is 7.09. The lowest BCUT2D eigenvalue weighted by Gasteiger charge is -2.29. The normalized spacial score (nSPS) is 14.0. The molecule has 0 fully saturated rings. The van der Waals surface area contributed by atoms with E-state index in [1.165, 1.54) is 10.6 Å². The van der Waals surface area contributed by atoms with Crippen LogP contribution in [0.25, 0.3) is 0 Å². The molecule has 0 aromatic carbocycles. The Bertz CT molecular complexity index is 484. The summed E-state index contributed by atoms with van der Waals surface area (Å²) in [6, 6.07) is 3.01. The van der Waals surface area contributed by atoms with Gasteiger partial charge in [0.2, 0.25) is 0 Å². The average molecular weight is 315 g/mol. The molecule has 1 aromatic rings. The van der Waals surface area contributed by atoms with Gasteiger partial charge in [-0.1, -0.05) is 22.9 Å². The molecule has 5 heteroatoms. The fraction of sp³-hybridized carbons (Fsp3) is 0.538. The van der Waals surface area contributed by atoms with E-state index in [1.54, 1.807) is 19.3 Å². The molecule has 1 N–H and O–H groups in total. The Morgan fingerprint density at radius 3 is 2.72 bits per heavy atom. The highest BCUT2D eigenvalue weighted by molar-refractivity contribution is 9.09. The Labute approximate surface area is 116 Å². The molecule has 0 saturated carbocycles. The first-order chi connectivity index (χ1) is 8.41. The molecule has 100 valence electrons. The summed E-state index contributed by atoms with van der Waals surface area (Å²) < 4.78 is 1.44. The number of hydrogen-bond donors (Lipinski definition) is 1. The number of nitrogens with zero attached hydrogens (tertiary/aromatic N) is 1. The molecule has 1 amide bonds. The number of nitrogens with one attached hydrogen (secondary N) is 1. The van der Waals surface area contributed by atoms with E-state index in [0.717, 1.165) is 18.2 Å². The maximum absolute atomic E-state index is 12.1. The lowest BCUT2D eigenvalue weighted by atomic mass is 9.95. The third-order valence-corrected chi connectivity index (χ3v) is 3.60. The second-order valence-corrected chi connectivity index (χ2v) is 5.46. The number of pyridine rings is 1. The molecule has 4 nitrogen and oxygen atoms in total. The van der Waals surface area contributed by atoms with Gasteiger partial charge in [0.05, 0.1) is 0 Å². The summed E-state index contributed by atoms with van der Waals surface area (Å²) in [6.45, 7) is 4.04. The van der Waals surface area contributed by atoms with E-state index in [0.29, 0.717) is 5.56 Å². The van der Waals surface area contributed by atoms with Crippen molar-refractivity contribution in [1.29, 1.82) is 0 Å². The summed E-state index contributed by atoms with van der Waals surface area (Å²) in [5.74, 6) is -0.196. The molecular formula is C13H19BrN2O2. The predicted octanol–water partition coefficient (Wildman–Crippen LogP) is 2.07. The average Bonchev–Trinajstić information content (AvgIpc) is 2.32. The number of amides is 1. The van der Waals surface area contributed by atoms with Crippen LogP contribution in [0, 0.1) is 0 Å². The second-order valence-electron chi connectivity index (χ2n) is 4.67. The molecule has 1 atom stereocenters. The van der Waals surface area contributed by atoms with Crippen molar-refractivity contribution in [2.75, 3.05) is 5.33 Å². The molecule has 0 aliphatic heterocycles. The third kappa shape index (κ3) is 3.70. The molecule has 1 unspecified atom stereocenters. The zero-order valence-corrected chi connectivity index (χ0v) is 12.6. The topological polar surface area (TPSA) is 51.1 Å². The van der Waals surface area contributed by atoms with Crippen LogP contribution in [0.3, 0.4) is 0 Å². The minimum atomic E-state index is -0.248. The third-order valence-electron chi connectivity index (χ3n) is 3.21. The number of rotatable bonds is 5. The fourth-order valence-electron chi connectivity index (χ4n) is 1.57. The minimum absolute atomic E-state index is 0.179. The van der Waals surface area contributed by atoms with Crippen molar-refractivity contribution < 1.29 is 4.79 Å². The highest BCUT2D eigenvalue weighted by atomic mass is 79.9. The lowest BCUT2D eigenvalue weighted by Crippen LogP contribution is -2.46. The van der Waals surface area contributed by atoms with Crippen LogP contribution in [0.5, 0.6) is 0 Å². The summed E-state index contributed by atoms with van der Waals surface area (Å²) in [7, 11) is 1.66. The summed E-state index contributed by atoms with van der Waals surface area (Å²) in [5.41, 5.74) is -0.0181. The van der Waals surface area contributed by atoms with Crippen molar-refractivity contribution in [2.45, 2.75) is 32.2 Å². The Balaban J connectivity index is 2.87. The van der Waals surface area contributed by atoms with Crippen LogP contribution >= 0.6 is 15.9 Å². The highest BCUT2D eigenvalue weighted by Gasteiger charge is 2.24. The van der Waals surface area contributed by atoms with E-state index in [1.807, 2.05) is 13.8 Å². The Morgan fingerprint density at radius 2 is 2.22 bits per heavy atom. The van der Waals surface area contributed by atoms with Gasteiger partial charge in [0.25, 0.3) is 11.5 Å². The maximum Gasteiger partial charge on any atom is 0.251 e. The van der Waals surface area contributed by atoms with E-state index in [9.17, 15) is 9.59 Å². The van der Waals surface area contributed by atoms with Crippen LogP contribution in [0.2, 0.25) is 0 Å². The number of halogens is 1. The zero-order valence-electron chi connectivity index (χ0n) is 11.0. The molecule has 0 spiro atoms. The van der Waals surface area contributed by atoms with Gasteiger partial charge in [-0.3, -0.25) is 9.59 Å². The van der Waals surface area contributed by atoms with Crippen molar-refractivity contribution >= 4 is 21.8 Å². The molecule has 0 bridgehead atoms. The maximum atomic E-state index is 12.1. The van der Waals surface area contributed by atoms with Gasteiger partial charge in [0.1, 0.15) is 0 Å². The smallest absolute Gasteiger partial charge is 0.251 e. The van der Waals surface area contributed by atoms with E-state index >= 15 is 0 Å². The summed E-state index contributed by atoms with van der Waals surface area (Å²) in [4.78, 5) is 23.6. The van der Waals surface area contributed by atoms with Gasteiger partial charge in [0, 0.05) is 35.7 Å². The van der Waals surface area contributed by atoms with Crippen molar-refractivity contribution in [3.05, 3.63) is 34.2 Å². The summed E-state index contributed by atoms with van der Waals surface area (Å²) in [5, 5.41) is 3.82. The summed E-state index contributed by atoms with van der Waals surface area (Å²) in [6.07, 6.45) is 3.29. The van der Waals surface area contributed by atoms with Crippen molar-refractivity contribution in [3.63, 3.8) is 0 Å². The first-order valence-electron chi connectivity index (χ1n) is 5.97. The summed E-state index contributed by atoms with van der Waals surface area (Å²) >= 11 is 3.39. The standard InChI is InChI=1S/C13H19BrN2O2/c1-4-13(2,6-7-14)15-12(18)10-5-8-16(3)11(17)9-10/h5,8-9H,4,6-7H2,1-3H3,(H,15,18). The van der Waals surface area contributed by atoms with Gasteiger partial charge in [-0.2, -0.15) is 0 Å². The monoisotopic (exact) mass is 314 g/mol. The molecule has 1 aromatic heterocycles. The Hall–Kier alpha value is -1.10. The fourth-order valence-corrected chi connectivity index (χ4v) is 2.45. The van der Waals surface area contributed by atoms with Crippen LogP contribution in [0.1, 0.15) is 37.0 Å². The molecule has 1 rings (SSSR count). The molecule has 0 radical (unpaired) electrons. The number of carbonyl (C=O) groups excluding carboxylic acids is 1. The lowest BCUT2D eigenvalue weighted by molar-refractivity contribution is 0.0901. The van der Waals surface area contributed by atoms with E-state index < -0.39 is 0 Å². The van der Waals surface area contributed by atoms with E-state index in [2.05, 4.69) is 21.2 Å². The van der Waals surface area contributed by atoms with Gasteiger partial charge >= 0.3 is 0 Å². The van der Waals surface area contributed by atoms with Crippen molar-refractivity contribution in [3.8, 4) is 0 Å². The number of aromatic nitrogens is 1. The van der Waals surface area contributed by atoms with Gasteiger partial charge in [-0.05, 0) is 25.8 Å². The number of alkyl halides is 1. The Kier molecular flexibility index (Phi) is 5.14. The van der Waals surface area contributed by atoms with Crippen LogP contribution < -0.4 is 10.9 Å². The number of carbonyl (C=O) groups is 1. The van der Waals surface area contributed by atoms with Crippen molar-refractivity contribution in [1.82, 2.24) is 9.88 Å². The number of aryl methyl sites for hydroxylation is 1. The van der Waals surface area contributed by atoms with Crippen LogP contribution in [0.4, 0.5) is 0 Å². The molecule has 18 heavy (non-hydrogen) atoms. The Morgan fingerprint density at radius 1 is 1.56 bits per heavy atom. The van der Waals surface area contributed by atoms with Crippen LogP contribution in [-0.4, -0.2) is 21.3 Å². The SMILES string of the molecule is CCC(C)(CCBr)NC(=O)c1ccn(C)c(=O)c1. The molecule has 0 aliphatic rings. The number of hydrogen-bond acceptors (Lipinski definition) is 2. The second kappa shape index (κ2) is 6.18. The van der Waals surface area contributed by atoms with E-state index in [-0.39, 0.29) is 17.0 Å². The van der Waals surface area contributed by atoms with Gasteiger partial charge in [0.15, 0.2) is 0 Å². The highest BCUT2D eigenvalue weighted by Crippen LogP contribution is 2.16. The van der Waals surface area contributed by atoms with Crippen molar-refractivity contribution in [2.24, 2.45) is 7.05 Å². The molecule has 1 heterocycles. The zero-order chi connectivity index (χ0) is 13.8. The van der Waals surface area contributed by atoms with Crippen LogP contribution in [-0.2, 0) is 7.05 Å². The van der Waals surface area contributed by atoms with Gasteiger partial charge in [-0.25, -0.2) is 0 Å². The minimum Gasteiger partial charge on any atom is -0.347 e. The quantitative estimate of drug-likeness (QED) is 0.846. The van der Waals surface area contributed by atoms with Crippen LogP contribution in [0.15, 0.2) is 23.1 Å². The predicted molar refractivity (Wildman–Crippen MR) is 76.3 cm³/mol. The first kappa shape index (κ1) is 15.0.